The lowest BCUT2D eigenvalue weighted by Gasteiger charge is -1.99. The van der Waals surface area contributed by atoms with Crippen molar-refractivity contribution in [2.45, 2.75) is 6.54 Å². The summed E-state index contributed by atoms with van der Waals surface area (Å²) in [6.45, 7) is 0.423. The maximum absolute atomic E-state index is 12.7. The molecular weight excluding hydrogens is 253 g/mol. The van der Waals surface area contributed by atoms with Crippen molar-refractivity contribution in [1.29, 1.82) is 0 Å². The van der Waals surface area contributed by atoms with Gasteiger partial charge in [-0.1, -0.05) is 23.7 Å². The molecule has 0 spiro atoms. The molecule has 2 aromatic carbocycles. The van der Waals surface area contributed by atoms with Gasteiger partial charge in [-0.05, 0) is 35.9 Å². The van der Waals surface area contributed by atoms with Gasteiger partial charge in [-0.15, -0.1) is 0 Å². The van der Waals surface area contributed by atoms with Crippen molar-refractivity contribution in [1.82, 2.24) is 0 Å². The van der Waals surface area contributed by atoms with E-state index in [2.05, 4.69) is 4.99 Å². The summed E-state index contributed by atoms with van der Waals surface area (Å²) in [5, 5.41) is 10.1. The van der Waals surface area contributed by atoms with E-state index in [1.165, 1.54) is 18.2 Å². The normalized spacial score (nSPS) is 11.0. The van der Waals surface area contributed by atoms with Gasteiger partial charge in [0.1, 0.15) is 11.6 Å². The first-order valence-corrected chi connectivity index (χ1v) is 5.76. The third-order valence-electron chi connectivity index (χ3n) is 2.41. The second-order valence-electron chi connectivity index (χ2n) is 3.80. The maximum atomic E-state index is 12.7. The van der Waals surface area contributed by atoms with E-state index in [0.29, 0.717) is 17.1 Å². The Morgan fingerprint density at radius 1 is 1.17 bits per heavy atom. The Bertz CT molecular complexity index is 567. The lowest BCUT2D eigenvalue weighted by atomic mass is 10.2. The third-order valence-corrected chi connectivity index (χ3v) is 2.64. The molecule has 0 aliphatic heterocycles. The molecule has 0 aliphatic carbocycles. The lowest BCUT2D eigenvalue weighted by Crippen LogP contribution is -1.86. The second kappa shape index (κ2) is 5.65. The van der Waals surface area contributed by atoms with Crippen molar-refractivity contribution in [3.63, 3.8) is 0 Å². The number of phenolic OH excluding ortho intramolecular Hbond substituents is 1. The highest BCUT2D eigenvalue weighted by Gasteiger charge is 1.98. The van der Waals surface area contributed by atoms with Gasteiger partial charge in [0.2, 0.25) is 0 Å². The number of aromatic hydroxyl groups is 1. The van der Waals surface area contributed by atoms with E-state index < -0.39 is 0 Å². The fraction of sp³-hybridized carbons (Fsp3) is 0.0714. The number of phenols is 1. The monoisotopic (exact) mass is 263 g/mol. The number of benzene rings is 2. The fourth-order valence-corrected chi connectivity index (χ4v) is 1.65. The SMILES string of the molecule is Oc1ccc(Cl)cc1C=NCc1ccc(F)cc1. The smallest absolute Gasteiger partial charge is 0.124 e. The zero-order chi connectivity index (χ0) is 13.0. The number of aliphatic imine (C=N–C) groups is 1. The molecule has 92 valence electrons. The van der Waals surface area contributed by atoms with E-state index >= 15 is 0 Å². The molecule has 2 nitrogen and oxygen atoms in total. The van der Waals surface area contributed by atoms with Crippen LogP contribution >= 0.6 is 11.6 Å². The van der Waals surface area contributed by atoms with Crippen LogP contribution in [0.15, 0.2) is 47.5 Å². The van der Waals surface area contributed by atoms with Crippen molar-refractivity contribution < 1.29 is 9.50 Å². The van der Waals surface area contributed by atoms with Crippen LogP contribution in [0.5, 0.6) is 5.75 Å². The molecule has 1 N–H and O–H groups in total. The van der Waals surface area contributed by atoms with Crippen molar-refractivity contribution in [3.05, 3.63) is 64.4 Å². The number of hydrogen-bond donors (Lipinski definition) is 1. The quantitative estimate of drug-likeness (QED) is 0.840. The molecule has 0 fully saturated rings. The number of nitrogens with zero attached hydrogens (tertiary/aromatic N) is 1. The minimum absolute atomic E-state index is 0.127. The first-order chi connectivity index (χ1) is 8.65. The van der Waals surface area contributed by atoms with E-state index in [1.807, 2.05) is 0 Å². The van der Waals surface area contributed by atoms with Gasteiger partial charge in [0.15, 0.2) is 0 Å². The lowest BCUT2D eigenvalue weighted by molar-refractivity contribution is 0.474. The second-order valence-corrected chi connectivity index (χ2v) is 4.24. The number of halogens is 2. The molecular formula is C14H11ClFNO. The summed E-state index contributed by atoms with van der Waals surface area (Å²) in [5.74, 6) is -0.141. The first-order valence-electron chi connectivity index (χ1n) is 5.38. The van der Waals surface area contributed by atoms with E-state index in [9.17, 15) is 9.50 Å². The summed E-state index contributed by atoms with van der Waals surface area (Å²) in [4.78, 5) is 4.18. The highest BCUT2D eigenvalue weighted by atomic mass is 35.5. The summed E-state index contributed by atoms with van der Waals surface area (Å²) in [6.07, 6.45) is 1.55. The fourth-order valence-electron chi connectivity index (χ4n) is 1.47. The van der Waals surface area contributed by atoms with Crippen molar-refractivity contribution >= 4 is 17.8 Å². The Balaban J connectivity index is 2.07. The van der Waals surface area contributed by atoms with Crippen LogP contribution in [0.4, 0.5) is 4.39 Å². The Labute approximate surface area is 109 Å². The van der Waals surface area contributed by atoms with Crippen LogP contribution in [0, 0.1) is 5.82 Å². The van der Waals surface area contributed by atoms with Crippen LogP contribution in [-0.4, -0.2) is 11.3 Å². The minimum atomic E-state index is -0.268. The van der Waals surface area contributed by atoms with Crippen LogP contribution in [-0.2, 0) is 6.54 Å². The maximum Gasteiger partial charge on any atom is 0.124 e. The molecule has 0 heterocycles. The average Bonchev–Trinajstić information content (AvgIpc) is 2.36. The molecule has 0 saturated heterocycles. The van der Waals surface area contributed by atoms with E-state index in [-0.39, 0.29) is 11.6 Å². The van der Waals surface area contributed by atoms with E-state index in [4.69, 9.17) is 11.6 Å². The Morgan fingerprint density at radius 2 is 1.89 bits per heavy atom. The minimum Gasteiger partial charge on any atom is -0.507 e. The Hall–Kier alpha value is -1.87. The zero-order valence-electron chi connectivity index (χ0n) is 9.48. The van der Waals surface area contributed by atoms with Gasteiger partial charge in [-0.25, -0.2) is 4.39 Å². The molecule has 0 amide bonds. The summed E-state index contributed by atoms with van der Waals surface area (Å²) in [7, 11) is 0. The molecule has 0 aromatic heterocycles. The van der Waals surface area contributed by atoms with Gasteiger partial charge < -0.3 is 5.11 Å². The topological polar surface area (TPSA) is 32.6 Å². The summed E-state index contributed by atoms with van der Waals surface area (Å²) >= 11 is 5.82. The molecule has 0 bridgehead atoms. The molecule has 0 saturated carbocycles. The van der Waals surface area contributed by atoms with E-state index in [1.54, 1.807) is 30.5 Å². The summed E-state index contributed by atoms with van der Waals surface area (Å²) in [5.41, 5.74) is 1.46. The number of rotatable bonds is 3. The van der Waals surface area contributed by atoms with Gasteiger partial charge in [0.05, 0.1) is 6.54 Å². The van der Waals surface area contributed by atoms with Crippen LogP contribution < -0.4 is 0 Å². The predicted molar refractivity (Wildman–Crippen MR) is 70.8 cm³/mol. The largest absolute Gasteiger partial charge is 0.507 e. The standard InChI is InChI=1S/C14H11ClFNO/c15-12-3-6-14(18)11(7-12)9-17-8-10-1-4-13(16)5-2-10/h1-7,9,18H,8H2. The Kier molecular flexibility index (Phi) is 3.95. The average molecular weight is 264 g/mol. The molecule has 0 aliphatic rings. The van der Waals surface area contributed by atoms with Crippen molar-refractivity contribution in [3.8, 4) is 5.75 Å². The molecule has 0 atom stereocenters. The predicted octanol–water partition coefficient (Wildman–Crippen LogP) is 3.80. The van der Waals surface area contributed by atoms with Crippen molar-refractivity contribution in [2.24, 2.45) is 4.99 Å². The molecule has 0 unspecified atom stereocenters. The highest BCUT2D eigenvalue weighted by molar-refractivity contribution is 6.30. The van der Waals surface area contributed by atoms with Crippen molar-refractivity contribution in [2.75, 3.05) is 0 Å². The molecule has 4 heteroatoms. The van der Waals surface area contributed by atoms with Crippen LogP contribution in [0.25, 0.3) is 0 Å². The summed E-state index contributed by atoms with van der Waals surface area (Å²) in [6, 6.07) is 10.9. The Morgan fingerprint density at radius 3 is 2.61 bits per heavy atom. The van der Waals surface area contributed by atoms with Gasteiger partial charge in [0.25, 0.3) is 0 Å². The first kappa shape index (κ1) is 12.6. The molecule has 2 aromatic rings. The number of hydrogen-bond acceptors (Lipinski definition) is 2. The molecule has 18 heavy (non-hydrogen) atoms. The highest BCUT2D eigenvalue weighted by Crippen LogP contribution is 2.19. The van der Waals surface area contributed by atoms with Gasteiger partial charge in [-0.3, -0.25) is 4.99 Å². The molecule has 0 radical (unpaired) electrons. The summed E-state index contributed by atoms with van der Waals surface area (Å²) < 4.78 is 12.7. The van der Waals surface area contributed by atoms with Crippen LogP contribution in [0.1, 0.15) is 11.1 Å². The molecule has 2 rings (SSSR count). The zero-order valence-corrected chi connectivity index (χ0v) is 10.2. The van der Waals surface area contributed by atoms with E-state index in [0.717, 1.165) is 5.56 Å². The van der Waals surface area contributed by atoms with Gasteiger partial charge >= 0.3 is 0 Å². The van der Waals surface area contributed by atoms with Gasteiger partial charge in [-0.2, -0.15) is 0 Å². The van der Waals surface area contributed by atoms with Crippen LogP contribution in [0.2, 0.25) is 5.02 Å². The third kappa shape index (κ3) is 3.31. The van der Waals surface area contributed by atoms with Crippen LogP contribution in [0.3, 0.4) is 0 Å². The van der Waals surface area contributed by atoms with Gasteiger partial charge in [0, 0.05) is 16.8 Å².